The van der Waals surface area contributed by atoms with Crippen molar-refractivity contribution in [3.8, 4) is 0 Å². The third kappa shape index (κ3) is 2.53. The number of aromatic carboxylic acids is 1. The summed E-state index contributed by atoms with van der Waals surface area (Å²) in [5.41, 5.74) is 1.06. The topological polar surface area (TPSA) is 83.3 Å². The summed E-state index contributed by atoms with van der Waals surface area (Å²) in [4.78, 5) is 10.8. The molecule has 6 nitrogen and oxygen atoms in total. The number of carbonyl (C=O) groups is 1. The lowest BCUT2D eigenvalue weighted by molar-refractivity contribution is 0.0697. The van der Waals surface area contributed by atoms with Crippen LogP contribution in [0.5, 0.6) is 0 Å². The number of nitrogens with zero attached hydrogens (tertiary/aromatic N) is 3. The van der Waals surface area contributed by atoms with Gasteiger partial charge < -0.3 is 5.11 Å². The zero-order valence-electron chi connectivity index (χ0n) is 10.5. The molecule has 1 saturated carbocycles. The smallest absolute Gasteiger partial charge is 0.335 e. The van der Waals surface area contributed by atoms with Crippen molar-refractivity contribution in [3.63, 3.8) is 0 Å². The van der Waals surface area contributed by atoms with Gasteiger partial charge in [-0.2, -0.15) is 14.9 Å². The minimum Gasteiger partial charge on any atom is -0.478 e. The third-order valence-electron chi connectivity index (χ3n) is 3.10. The van der Waals surface area contributed by atoms with Crippen molar-refractivity contribution < 1.29 is 9.90 Å². The van der Waals surface area contributed by atoms with Crippen LogP contribution in [0.4, 0.5) is 0 Å². The fourth-order valence-electron chi connectivity index (χ4n) is 1.86. The maximum Gasteiger partial charge on any atom is 0.335 e. The summed E-state index contributed by atoms with van der Waals surface area (Å²) in [7, 11) is 0. The van der Waals surface area contributed by atoms with Crippen LogP contribution in [0.3, 0.4) is 0 Å². The molecule has 1 aliphatic carbocycles. The maximum absolute atomic E-state index is 10.8. The summed E-state index contributed by atoms with van der Waals surface area (Å²) < 4.78 is 2.09. The second-order valence-electron chi connectivity index (χ2n) is 4.64. The normalized spacial score (nSPS) is 14.8. The Kier molecular flexibility index (Phi) is 3.19. The van der Waals surface area contributed by atoms with Gasteiger partial charge in [-0.25, -0.2) is 4.79 Å². The Morgan fingerprint density at radius 3 is 2.75 bits per heavy atom. The monoisotopic (exact) mass is 288 g/mol. The zero-order valence-corrected chi connectivity index (χ0v) is 11.3. The van der Waals surface area contributed by atoms with Gasteiger partial charge in [0.15, 0.2) is 5.82 Å². The molecule has 1 aromatic carbocycles. The molecule has 20 heavy (non-hydrogen) atoms. The van der Waals surface area contributed by atoms with Crippen molar-refractivity contribution >= 4 is 24.4 Å². The van der Waals surface area contributed by atoms with Gasteiger partial charge in [-0.1, -0.05) is 12.1 Å². The lowest BCUT2D eigenvalue weighted by Crippen LogP contribution is -1.98. The van der Waals surface area contributed by atoms with E-state index >= 15 is 0 Å². The van der Waals surface area contributed by atoms with Gasteiger partial charge >= 0.3 is 5.97 Å². The van der Waals surface area contributed by atoms with E-state index in [1.807, 2.05) is 0 Å². The van der Waals surface area contributed by atoms with Gasteiger partial charge in [-0.05, 0) is 42.8 Å². The zero-order chi connectivity index (χ0) is 14.1. The number of aromatic nitrogens is 3. The van der Waals surface area contributed by atoms with Crippen LogP contribution in [0, 0.1) is 4.77 Å². The highest BCUT2D eigenvalue weighted by Gasteiger charge is 2.29. The Labute approximate surface area is 119 Å². The Hall–Kier alpha value is -2.28. The van der Waals surface area contributed by atoms with E-state index in [9.17, 15) is 4.79 Å². The van der Waals surface area contributed by atoms with Crippen LogP contribution in [0.1, 0.15) is 40.5 Å². The van der Waals surface area contributed by atoms with Crippen LogP contribution in [-0.2, 0) is 0 Å². The number of carboxylic acid groups (broad SMARTS) is 1. The molecule has 0 radical (unpaired) electrons. The molecule has 0 atom stereocenters. The Morgan fingerprint density at radius 1 is 1.45 bits per heavy atom. The fraction of sp³-hybridized carbons (Fsp3) is 0.231. The van der Waals surface area contributed by atoms with E-state index in [1.165, 1.54) is 0 Å². The van der Waals surface area contributed by atoms with Crippen LogP contribution in [0.2, 0.25) is 0 Å². The molecular weight excluding hydrogens is 276 g/mol. The predicted molar refractivity (Wildman–Crippen MR) is 75.8 cm³/mol. The maximum atomic E-state index is 10.8. The predicted octanol–water partition coefficient (Wildman–Crippen LogP) is 2.40. The lowest BCUT2D eigenvalue weighted by Gasteiger charge is -1.98. The molecular formula is C13H12N4O2S. The molecule has 1 aromatic heterocycles. The Balaban J connectivity index is 1.85. The Bertz CT molecular complexity index is 726. The van der Waals surface area contributed by atoms with Gasteiger partial charge in [0.1, 0.15) is 0 Å². The van der Waals surface area contributed by atoms with Crippen LogP contribution < -0.4 is 0 Å². The summed E-state index contributed by atoms with van der Waals surface area (Å²) in [5, 5.41) is 20.1. The number of H-pyrrole nitrogens is 1. The molecule has 0 bridgehead atoms. The molecule has 1 fully saturated rings. The standard InChI is InChI=1S/C13H12N4O2S/c18-12(19)10-3-1-8(2-4-10)7-14-17-11(9-5-6-9)15-16-13(17)20/h1-4,7,9H,5-6H2,(H,16,20)(H,18,19)/b14-7-. The molecule has 0 spiro atoms. The first-order chi connectivity index (χ1) is 9.65. The fourth-order valence-corrected chi connectivity index (χ4v) is 2.04. The van der Waals surface area contributed by atoms with Crippen molar-refractivity contribution in [1.82, 2.24) is 14.9 Å². The molecule has 2 aromatic rings. The minimum atomic E-state index is -0.943. The van der Waals surface area contributed by atoms with Crippen LogP contribution in [-0.4, -0.2) is 32.2 Å². The highest BCUT2D eigenvalue weighted by molar-refractivity contribution is 7.71. The van der Waals surface area contributed by atoms with Gasteiger partial charge in [0.2, 0.25) is 4.77 Å². The molecule has 1 aliphatic rings. The van der Waals surface area contributed by atoms with Gasteiger partial charge in [0.05, 0.1) is 11.8 Å². The summed E-state index contributed by atoms with van der Waals surface area (Å²) in [5.74, 6) is 0.351. The molecule has 0 saturated heterocycles. The number of hydrogen-bond donors (Lipinski definition) is 2. The number of carboxylic acids is 1. The van der Waals surface area contributed by atoms with Crippen molar-refractivity contribution in [3.05, 3.63) is 46.0 Å². The number of aromatic amines is 1. The molecule has 102 valence electrons. The molecule has 0 amide bonds. The van der Waals surface area contributed by atoms with E-state index in [0.29, 0.717) is 10.7 Å². The van der Waals surface area contributed by atoms with E-state index in [0.717, 1.165) is 24.2 Å². The van der Waals surface area contributed by atoms with E-state index in [1.54, 1.807) is 35.2 Å². The highest BCUT2D eigenvalue weighted by atomic mass is 32.1. The summed E-state index contributed by atoms with van der Waals surface area (Å²) >= 11 is 5.14. The average molecular weight is 288 g/mol. The van der Waals surface area contributed by atoms with E-state index < -0.39 is 5.97 Å². The first-order valence-corrected chi connectivity index (χ1v) is 6.61. The Morgan fingerprint density at radius 2 is 2.15 bits per heavy atom. The highest BCUT2D eigenvalue weighted by Crippen LogP contribution is 2.38. The second kappa shape index (κ2) is 5.01. The molecule has 1 heterocycles. The van der Waals surface area contributed by atoms with Gasteiger partial charge in [-0.3, -0.25) is 5.10 Å². The lowest BCUT2D eigenvalue weighted by atomic mass is 10.1. The first-order valence-electron chi connectivity index (χ1n) is 6.20. The van der Waals surface area contributed by atoms with E-state index in [4.69, 9.17) is 17.3 Å². The van der Waals surface area contributed by atoms with Crippen molar-refractivity contribution in [2.45, 2.75) is 18.8 Å². The molecule has 0 aliphatic heterocycles. The summed E-state index contributed by atoms with van der Waals surface area (Å²) in [6.45, 7) is 0. The first kappa shape index (κ1) is 12.7. The van der Waals surface area contributed by atoms with Gasteiger partial charge in [-0.15, -0.1) is 0 Å². The van der Waals surface area contributed by atoms with Crippen LogP contribution in [0.25, 0.3) is 0 Å². The van der Waals surface area contributed by atoms with Gasteiger partial charge in [0.25, 0.3) is 0 Å². The molecule has 7 heteroatoms. The quantitative estimate of drug-likeness (QED) is 0.668. The summed E-state index contributed by atoms with van der Waals surface area (Å²) in [6, 6.07) is 6.49. The third-order valence-corrected chi connectivity index (χ3v) is 3.36. The van der Waals surface area contributed by atoms with Crippen molar-refractivity contribution in [1.29, 1.82) is 0 Å². The number of hydrogen-bond acceptors (Lipinski definition) is 4. The van der Waals surface area contributed by atoms with Gasteiger partial charge in [0, 0.05) is 5.92 Å². The van der Waals surface area contributed by atoms with E-state index in [-0.39, 0.29) is 5.56 Å². The summed E-state index contributed by atoms with van der Waals surface area (Å²) in [6.07, 6.45) is 3.87. The number of benzene rings is 1. The second-order valence-corrected chi connectivity index (χ2v) is 5.03. The average Bonchev–Trinajstić information content (AvgIpc) is 3.21. The minimum absolute atomic E-state index is 0.251. The van der Waals surface area contributed by atoms with Crippen molar-refractivity contribution in [2.75, 3.05) is 0 Å². The number of nitrogens with one attached hydrogen (secondary N) is 1. The largest absolute Gasteiger partial charge is 0.478 e. The molecule has 0 unspecified atom stereocenters. The number of rotatable bonds is 4. The molecule has 2 N–H and O–H groups in total. The molecule has 3 rings (SSSR count). The SMILES string of the molecule is O=C(O)c1ccc(/C=N\n2c(C3CC3)n[nH]c2=S)cc1. The van der Waals surface area contributed by atoms with Crippen LogP contribution >= 0.6 is 12.2 Å². The van der Waals surface area contributed by atoms with E-state index in [2.05, 4.69) is 15.3 Å². The van der Waals surface area contributed by atoms with Crippen LogP contribution in [0.15, 0.2) is 29.4 Å². The van der Waals surface area contributed by atoms with Crippen molar-refractivity contribution in [2.24, 2.45) is 5.10 Å².